The van der Waals surface area contributed by atoms with Crippen LogP contribution in [0.4, 0.5) is 11.4 Å². The van der Waals surface area contributed by atoms with Gasteiger partial charge in [0.05, 0.1) is 11.4 Å². The van der Waals surface area contributed by atoms with E-state index in [0.29, 0.717) is 35.3 Å². The van der Waals surface area contributed by atoms with Crippen molar-refractivity contribution in [3.8, 4) is 11.5 Å². The molecule has 0 unspecified atom stereocenters. The molecule has 150 valence electrons. The number of ketones is 1. The molecule has 3 aromatic rings. The molecule has 3 aromatic carbocycles. The van der Waals surface area contributed by atoms with Crippen LogP contribution in [-0.2, 0) is 17.6 Å². The summed E-state index contributed by atoms with van der Waals surface area (Å²) in [6.07, 6.45) is 1.24. The van der Waals surface area contributed by atoms with Crippen molar-refractivity contribution >= 4 is 28.8 Å². The topological polar surface area (TPSA) is 111 Å². The first-order valence-electron chi connectivity index (χ1n) is 9.40. The van der Waals surface area contributed by atoms with Crippen molar-refractivity contribution in [2.24, 2.45) is 5.10 Å². The fourth-order valence-corrected chi connectivity index (χ4v) is 3.22. The maximum absolute atomic E-state index is 12.5. The Kier molecular flexibility index (Phi) is 5.17. The first kappa shape index (κ1) is 19.2. The van der Waals surface area contributed by atoms with Gasteiger partial charge in [-0.1, -0.05) is 24.3 Å². The Hall–Kier alpha value is -4.13. The number of amides is 1. The van der Waals surface area contributed by atoms with Crippen LogP contribution in [0.2, 0.25) is 0 Å². The summed E-state index contributed by atoms with van der Waals surface area (Å²) in [6.45, 7) is 0. The van der Waals surface area contributed by atoms with E-state index in [1.54, 1.807) is 42.5 Å². The summed E-state index contributed by atoms with van der Waals surface area (Å²) in [5.74, 6) is -0.706. The lowest BCUT2D eigenvalue weighted by Gasteiger charge is -2.16. The molecule has 4 rings (SSSR count). The summed E-state index contributed by atoms with van der Waals surface area (Å²) >= 11 is 0. The second kappa shape index (κ2) is 8.08. The van der Waals surface area contributed by atoms with E-state index in [9.17, 15) is 19.8 Å². The molecule has 0 saturated heterocycles. The Morgan fingerprint density at radius 1 is 0.900 bits per heavy atom. The standard InChI is InChI=1S/C23H19N3O4/c27-17-11-12-20(28)15(13-17)8-5-14-6-9-16(10-7-14)25-26-21-22(29)18-3-1-2-4-19(18)24-23(21)30/h1-4,6-7,9-13,25,27-28H,5,8H2,(H,24,30). The molecule has 4 N–H and O–H groups in total. The minimum absolute atomic E-state index is 0.116. The molecule has 0 saturated carbocycles. The number of aromatic hydroxyl groups is 2. The number of carbonyl (C=O) groups excluding carboxylic acids is 2. The molecule has 0 atom stereocenters. The highest BCUT2D eigenvalue weighted by atomic mass is 16.3. The number of aryl methyl sites for hydroxylation is 2. The molecule has 0 fully saturated rings. The predicted molar refractivity (Wildman–Crippen MR) is 114 cm³/mol. The molecular formula is C23H19N3O4. The third-order valence-electron chi connectivity index (χ3n) is 4.85. The van der Waals surface area contributed by atoms with Crippen molar-refractivity contribution in [1.82, 2.24) is 0 Å². The number of nitrogens with zero attached hydrogens (tertiary/aromatic N) is 1. The zero-order chi connectivity index (χ0) is 21.1. The number of nitrogens with one attached hydrogen (secondary N) is 2. The molecular weight excluding hydrogens is 382 g/mol. The van der Waals surface area contributed by atoms with Crippen molar-refractivity contribution < 1.29 is 19.8 Å². The van der Waals surface area contributed by atoms with Crippen molar-refractivity contribution in [1.29, 1.82) is 0 Å². The number of benzene rings is 3. The summed E-state index contributed by atoms with van der Waals surface area (Å²) in [5, 5.41) is 26.1. The summed E-state index contributed by atoms with van der Waals surface area (Å²) in [5.41, 5.74) is 5.77. The zero-order valence-electron chi connectivity index (χ0n) is 15.9. The summed E-state index contributed by atoms with van der Waals surface area (Å²) in [6, 6.07) is 18.6. The number of phenols is 2. The Morgan fingerprint density at radius 2 is 1.67 bits per heavy atom. The summed E-state index contributed by atoms with van der Waals surface area (Å²) in [4.78, 5) is 24.7. The normalized spacial score (nSPS) is 14.3. The van der Waals surface area contributed by atoms with E-state index in [1.807, 2.05) is 12.1 Å². The second-order valence-corrected chi connectivity index (χ2v) is 6.91. The van der Waals surface area contributed by atoms with E-state index < -0.39 is 11.7 Å². The number of Topliss-reactive ketones (excluding diaryl/α,β-unsaturated/α-hetero) is 1. The van der Waals surface area contributed by atoms with Gasteiger partial charge in [0.2, 0.25) is 5.78 Å². The van der Waals surface area contributed by atoms with Gasteiger partial charge < -0.3 is 15.5 Å². The Labute approximate surface area is 172 Å². The highest BCUT2D eigenvalue weighted by Gasteiger charge is 2.30. The van der Waals surface area contributed by atoms with Gasteiger partial charge in [0, 0.05) is 5.56 Å². The maximum atomic E-state index is 12.5. The first-order chi connectivity index (χ1) is 14.5. The minimum atomic E-state index is -0.547. The molecule has 0 bridgehead atoms. The summed E-state index contributed by atoms with van der Waals surface area (Å²) in [7, 11) is 0. The SMILES string of the molecule is O=C1Nc2ccccc2C(=O)C1=NNc1ccc(CCc2cc(O)ccc2O)cc1. The van der Waals surface area contributed by atoms with Gasteiger partial charge in [0.25, 0.3) is 5.91 Å². The van der Waals surface area contributed by atoms with Gasteiger partial charge in [0.15, 0.2) is 5.71 Å². The van der Waals surface area contributed by atoms with Crippen LogP contribution in [0, 0.1) is 0 Å². The van der Waals surface area contributed by atoms with Gasteiger partial charge >= 0.3 is 0 Å². The van der Waals surface area contributed by atoms with E-state index in [-0.39, 0.29) is 17.2 Å². The fraction of sp³-hybridized carbons (Fsp3) is 0.0870. The molecule has 0 aromatic heterocycles. The summed E-state index contributed by atoms with van der Waals surface area (Å²) < 4.78 is 0. The molecule has 0 spiro atoms. The van der Waals surface area contributed by atoms with Crippen LogP contribution in [-0.4, -0.2) is 27.6 Å². The molecule has 30 heavy (non-hydrogen) atoms. The Bertz CT molecular complexity index is 1150. The number of para-hydroxylation sites is 1. The number of anilines is 2. The quantitative estimate of drug-likeness (QED) is 0.386. The number of hydrazone groups is 1. The number of phenolic OH excluding ortho intramolecular Hbond substituents is 2. The van der Waals surface area contributed by atoms with Crippen LogP contribution in [0.3, 0.4) is 0 Å². The van der Waals surface area contributed by atoms with Crippen LogP contribution < -0.4 is 10.7 Å². The third kappa shape index (κ3) is 4.00. The van der Waals surface area contributed by atoms with Gasteiger partial charge in [0.1, 0.15) is 11.5 Å². The van der Waals surface area contributed by atoms with Crippen LogP contribution >= 0.6 is 0 Å². The van der Waals surface area contributed by atoms with Gasteiger partial charge in [-0.2, -0.15) is 5.10 Å². The van der Waals surface area contributed by atoms with E-state index in [4.69, 9.17) is 0 Å². The third-order valence-corrected chi connectivity index (χ3v) is 4.85. The highest BCUT2D eigenvalue weighted by molar-refractivity contribution is 6.72. The van der Waals surface area contributed by atoms with Crippen molar-refractivity contribution in [2.75, 3.05) is 10.7 Å². The van der Waals surface area contributed by atoms with Crippen LogP contribution in [0.5, 0.6) is 11.5 Å². The van der Waals surface area contributed by atoms with Crippen molar-refractivity contribution in [3.63, 3.8) is 0 Å². The second-order valence-electron chi connectivity index (χ2n) is 6.91. The fourth-order valence-electron chi connectivity index (χ4n) is 3.22. The van der Waals surface area contributed by atoms with Gasteiger partial charge in [-0.3, -0.25) is 15.0 Å². The molecule has 1 heterocycles. The molecule has 1 aliphatic heterocycles. The monoisotopic (exact) mass is 401 g/mol. The van der Waals surface area contributed by atoms with Crippen LogP contribution in [0.25, 0.3) is 0 Å². The zero-order valence-corrected chi connectivity index (χ0v) is 15.9. The lowest BCUT2D eigenvalue weighted by Crippen LogP contribution is -2.36. The smallest absolute Gasteiger partial charge is 0.280 e. The lowest BCUT2D eigenvalue weighted by molar-refractivity contribution is -0.110. The van der Waals surface area contributed by atoms with Crippen molar-refractivity contribution in [2.45, 2.75) is 12.8 Å². The van der Waals surface area contributed by atoms with E-state index >= 15 is 0 Å². The average Bonchev–Trinajstić information content (AvgIpc) is 2.75. The van der Waals surface area contributed by atoms with Gasteiger partial charge in [-0.25, -0.2) is 0 Å². The maximum Gasteiger partial charge on any atom is 0.280 e. The highest BCUT2D eigenvalue weighted by Crippen LogP contribution is 2.24. The van der Waals surface area contributed by atoms with Gasteiger partial charge in [-0.15, -0.1) is 0 Å². The van der Waals surface area contributed by atoms with E-state index in [2.05, 4.69) is 15.8 Å². The largest absolute Gasteiger partial charge is 0.508 e. The number of carbonyl (C=O) groups is 2. The lowest BCUT2D eigenvalue weighted by atomic mass is 10.0. The van der Waals surface area contributed by atoms with Crippen molar-refractivity contribution in [3.05, 3.63) is 83.4 Å². The van der Waals surface area contributed by atoms with Crippen LogP contribution in [0.1, 0.15) is 21.5 Å². The molecule has 7 nitrogen and oxygen atoms in total. The molecule has 1 aliphatic rings. The van der Waals surface area contributed by atoms with E-state index in [1.165, 1.54) is 12.1 Å². The Morgan fingerprint density at radius 3 is 2.47 bits per heavy atom. The van der Waals surface area contributed by atoms with E-state index in [0.717, 1.165) is 5.56 Å². The number of rotatable bonds is 5. The Balaban J connectivity index is 1.42. The number of hydrogen-bond donors (Lipinski definition) is 4. The molecule has 7 heteroatoms. The minimum Gasteiger partial charge on any atom is -0.508 e. The number of fused-ring (bicyclic) bond motifs is 1. The molecule has 0 radical (unpaired) electrons. The molecule has 0 aliphatic carbocycles. The molecule has 1 amide bonds. The predicted octanol–water partition coefficient (Wildman–Crippen LogP) is 3.49. The van der Waals surface area contributed by atoms with Crippen LogP contribution in [0.15, 0.2) is 71.8 Å². The van der Waals surface area contributed by atoms with Gasteiger partial charge in [-0.05, 0) is 66.4 Å². The average molecular weight is 401 g/mol. The first-order valence-corrected chi connectivity index (χ1v) is 9.40. The number of hydrogen-bond acceptors (Lipinski definition) is 6.